The zero-order valence-corrected chi connectivity index (χ0v) is 25.7. The molecule has 2 amide bonds. The number of rotatable bonds is 7. The first-order valence-corrected chi connectivity index (χ1v) is 14.7. The Labute approximate surface area is 256 Å². The Balaban J connectivity index is 1.44. The van der Waals surface area contributed by atoms with Crippen LogP contribution >= 0.6 is 11.3 Å². The van der Waals surface area contributed by atoms with Crippen LogP contribution in [0.3, 0.4) is 0 Å². The summed E-state index contributed by atoms with van der Waals surface area (Å²) in [6.45, 7) is 4.09. The Hall–Kier alpha value is -4.01. The first kappa shape index (κ1) is 31.4. The number of carbonyl (C=O) groups is 2. The maximum absolute atomic E-state index is 14.3. The van der Waals surface area contributed by atoms with E-state index in [1.807, 2.05) is 17.9 Å². The summed E-state index contributed by atoms with van der Waals surface area (Å²) in [5, 5.41) is 14.2. The fourth-order valence-corrected chi connectivity index (χ4v) is 6.72. The molecule has 3 aromatic heterocycles. The predicted molar refractivity (Wildman–Crippen MR) is 159 cm³/mol. The van der Waals surface area contributed by atoms with Gasteiger partial charge in [0.1, 0.15) is 11.3 Å². The van der Waals surface area contributed by atoms with Crippen LogP contribution in [-0.4, -0.2) is 99.7 Å². The minimum atomic E-state index is -4.75. The molecule has 1 saturated heterocycles. The molecular formula is C30H33F3N6O4S. The molecule has 1 aliphatic heterocycles. The normalized spacial score (nSPS) is 16.8. The molecule has 0 radical (unpaired) electrons. The van der Waals surface area contributed by atoms with Gasteiger partial charge in [0.2, 0.25) is 0 Å². The lowest BCUT2D eigenvalue weighted by atomic mass is 10.0. The Morgan fingerprint density at radius 3 is 2.45 bits per heavy atom. The first-order valence-electron chi connectivity index (χ1n) is 13.9. The molecule has 0 saturated carbocycles. The third-order valence-electron chi connectivity index (χ3n) is 7.85. The van der Waals surface area contributed by atoms with Crippen LogP contribution in [-0.2, 0) is 6.18 Å². The number of piperazine rings is 1. The standard InChI is InChI=1S/C30H33F3N6O4S/c1-17-15-37(22(16-40)23-10-11-24(44-23)29(42)36(3)4)12-13-38(17)28(41)21-14-34-39-26(30(31,32)33)18(2)25(35-27(21)39)19-6-8-20(43-5)9-7-19/h6-11,14,17,22,40H,12-13,15-16H2,1-5H3/t17-,22+/m1/s1. The van der Waals surface area contributed by atoms with E-state index in [1.54, 1.807) is 49.3 Å². The number of carbonyl (C=O) groups excluding carboxylic acids is 2. The van der Waals surface area contributed by atoms with Crippen molar-refractivity contribution in [2.24, 2.45) is 0 Å². The lowest BCUT2D eigenvalue weighted by molar-refractivity contribution is -0.143. The van der Waals surface area contributed by atoms with Crippen LogP contribution in [0.15, 0.2) is 42.6 Å². The second-order valence-corrected chi connectivity index (χ2v) is 12.0. The molecule has 5 rings (SSSR count). The number of aliphatic hydroxyl groups excluding tert-OH is 1. The molecule has 0 bridgehead atoms. The van der Waals surface area contributed by atoms with E-state index in [1.165, 1.54) is 30.3 Å². The van der Waals surface area contributed by atoms with Gasteiger partial charge in [-0.05, 0) is 50.2 Å². The number of benzene rings is 1. The average molecular weight is 631 g/mol. The predicted octanol–water partition coefficient (Wildman–Crippen LogP) is 4.38. The number of fused-ring (bicyclic) bond motifs is 1. The summed E-state index contributed by atoms with van der Waals surface area (Å²) in [5.74, 6) is -0.0579. The van der Waals surface area contributed by atoms with Gasteiger partial charge in [-0.25, -0.2) is 9.50 Å². The number of ether oxygens (including phenoxy) is 1. The van der Waals surface area contributed by atoms with Gasteiger partial charge in [-0.3, -0.25) is 14.5 Å². The fourth-order valence-electron chi connectivity index (χ4n) is 5.57. The van der Waals surface area contributed by atoms with Gasteiger partial charge in [0.25, 0.3) is 11.8 Å². The Morgan fingerprint density at radius 2 is 1.86 bits per heavy atom. The first-order chi connectivity index (χ1) is 20.8. The highest BCUT2D eigenvalue weighted by Gasteiger charge is 2.40. The van der Waals surface area contributed by atoms with Crippen LogP contribution in [0.4, 0.5) is 13.2 Å². The molecule has 2 atom stereocenters. The van der Waals surface area contributed by atoms with Crippen molar-refractivity contribution in [1.29, 1.82) is 0 Å². The number of thiophene rings is 1. The molecule has 234 valence electrons. The van der Waals surface area contributed by atoms with Gasteiger partial charge in [-0.2, -0.15) is 18.3 Å². The van der Waals surface area contributed by atoms with Crippen LogP contribution in [0.2, 0.25) is 0 Å². The number of aliphatic hydroxyl groups is 1. The molecular weight excluding hydrogens is 597 g/mol. The van der Waals surface area contributed by atoms with E-state index < -0.39 is 17.8 Å². The summed E-state index contributed by atoms with van der Waals surface area (Å²) < 4.78 is 48.9. The summed E-state index contributed by atoms with van der Waals surface area (Å²) in [5.41, 5.74) is -0.796. The molecule has 1 aliphatic rings. The molecule has 1 fully saturated rings. The minimum Gasteiger partial charge on any atom is -0.497 e. The van der Waals surface area contributed by atoms with Crippen molar-refractivity contribution < 1.29 is 32.6 Å². The second kappa shape index (κ2) is 12.2. The smallest absolute Gasteiger partial charge is 0.433 e. The van der Waals surface area contributed by atoms with E-state index in [2.05, 4.69) is 10.1 Å². The zero-order valence-electron chi connectivity index (χ0n) is 24.9. The lowest BCUT2D eigenvalue weighted by Crippen LogP contribution is -2.55. The molecule has 44 heavy (non-hydrogen) atoms. The molecule has 4 heterocycles. The van der Waals surface area contributed by atoms with Crippen LogP contribution in [0.1, 0.15) is 49.1 Å². The Morgan fingerprint density at radius 1 is 1.16 bits per heavy atom. The maximum Gasteiger partial charge on any atom is 0.433 e. The second-order valence-electron chi connectivity index (χ2n) is 10.9. The van der Waals surface area contributed by atoms with Gasteiger partial charge in [0.05, 0.1) is 36.5 Å². The van der Waals surface area contributed by atoms with Gasteiger partial charge in [-0.15, -0.1) is 11.3 Å². The van der Waals surface area contributed by atoms with Crippen LogP contribution in [0.25, 0.3) is 16.9 Å². The summed E-state index contributed by atoms with van der Waals surface area (Å²) >= 11 is 1.32. The number of hydrogen-bond donors (Lipinski definition) is 1. The van der Waals surface area contributed by atoms with Gasteiger partial charge >= 0.3 is 6.18 Å². The molecule has 0 spiro atoms. The van der Waals surface area contributed by atoms with E-state index in [4.69, 9.17) is 4.74 Å². The molecule has 0 aliphatic carbocycles. The third kappa shape index (κ3) is 5.76. The Bertz CT molecular complexity index is 1680. The summed E-state index contributed by atoms with van der Waals surface area (Å²) in [4.78, 5) is 37.3. The van der Waals surface area contributed by atoms with Crippen LogP contribution < -0.4 is 4.74 Å². The van der Waals surface area contributed by atoms with Crippen LogP contribution in [0, 0.1) is 6.92 Å². The molecule has 1 aromatic carbocycles. The van der Waals surface area contributed by atoms with Crippen molar-refractivity contribution in [2.45, 2.75) is 32.1 Å². The molecule has 4 aromatic rings. The van der Waals surface area contributed by atoms with E-state index in [0.717, 1.165) is 11.1 Å². The highest BCUT2D eigenvalue weighted by atomic mass is 32.1. The number of halogens is 3. The van der Waals surface area contributed by atoms with Crippen LogP contribution in [0.5, 0.6) is 5.75 Å². The van der Waals surface area contributed by atoms with E-state index in [-0.39, 0.29) is 53.6 Å². The summed E-state index contributed by atoms with van der Waals surface area (Å²) in [6, 6.07) is 9.37. The van der Waals surface area contributed by atoms with Crippen molar-refractivity contribution in [3.05, 3.63) is 69.2 Å². The lowest BCUT2D eigenvalue weighted by Gasteiger charge is -2.42. The number of aromatic nitrogens is 3. The van der Waals surface area contributed by atoms with Crippen molar-refractivity contribution in [2.75, 3.05) is 47.4 Å². The molecule has 10 nitrogen and oxygen atoms in total. The van der Waals surface area contributed by atoms with E-state index in [0.29, 0.717) is 33.8 Å². The number of alkyl halides is 3. The summed E-state index contributed by atoms with van der Waals surface area (Å²) in [6.07, 6.45) is -3.61. The van der Waals surface area contributed by atoms with Crippen molar-refractivity contribution in [3.8, 4) is 17.0 Å². The quantitative estimate of drug-likeness (QED) is 0.324. The zero-order chi connectivity index (χ0) is 31.9. The maximum atomic E-state index is 14.3. The summed E-state index contributed by atoms with van der Waals surface area (Å²) in [7, 11) is 4.84. The van der Waals surface area contributed by atoms with Crippen molar-refractivity contribution in [1.82, 2.24) is 29.3 Å². The van der Waals surface area contributed by atoms with Crippen molar-refractivity contribution >= 4 is 28.8 Å². The Kier molecular flexibility index (Phi) is 8.69. The highest BCUT2D eigenvalue weighted by Crippen LogP contribution is 2.37. The fraction of sp³-hybridized carbons (Fsp3) is 0.400. The highest BCUT2D eigenvalue weighted by molar-refractivity contribution is 7.14. The minimum absolute atomic E-state index is 0.0330. The van der Waals surface area contributed by atoms with Gasteiger partial charge < -0.3 is 19.6 Å². The number of amides is 2. The van der Waals surface area contributed by atoms with Gasteiger partial charge in [-0.1, -0.05) is 0 Å². The number of methoxy groups -OCH3 is 1. The van der Waals surface area contributed by atoms with Crippen molar-refractivity contribution in [3.63, 3.8) is 0 Å². The average Bonchev–Trinajstić information content (AvgIpc) is 3.63. The van der Waals surface area contributed by atoms with E-state index >= 15 is 0 Å². The monoisotopic (exact) mass is 630 g/mol. The molecule has 14 heteroatoms. The SMILES string of the molecule is COc1ccc(-c2nc3c(C(=O)N4CCN([C@@H](CO)c5ccc(C(=O)N(C)C)s5)C[C@H]4C)cnn3c(C(F)(F)F)c2C)cc1. The molecule has 0 unspecified atom stereocenters. The topological polar surface area (TPSA) is 104 Å². The van der Waals surface area contributed by atoms with E-state index in [9.17, 15) is 27.9 Å². The molecule has 1 N–H and O–H groups in total. The number of hydrogen-bond acceptors (Lipinski definition) is 8. The number of nitrogens with zero attached hydrogens (tertiary/aromatic N) is 6. The third-order valence-corrected chi connectivity index (χ3v) is 9.03. The van der Waals surface area contributed by atoms with Gasteiger partial charge in [0, 0.05) is 55.8 Å². The largest absolute Gasteiger partial charge is 0.497 e. The van der Waals surface area contributed by atoms with Gasteiger partial charge in [0.15, 0.2) is 11.3 Å².